The van der Waals surface area contributed by atoms with E-state index in [9.17, 15) is 14.0 Å². The third kappa shape index (κ3) is 2.67. The molecule has 6 heteroatoms. The van der Waals surface area contributed by atoms with Crippen molar-refractivity contribution in [2.45, 2.75) is 31.2 Å². The molecule has 0 aromatic heterocycles. The Kier molecular flexibility index (Phi) is 4.38. The Hall–Kier alpha value is -2.20. The lowest BCUT2D eigenvalue weighted by molar-refractivity contribution is 0.0596. The fraction of sp³-hybridized carbons (Fsp3) is 0.467. The van der Waals surface area contributed by atoms with Crippen molar-refractivity contribution < 1.29 is 23.5 Å². The highest BCUT2D eigenvalue weighted by Crippen LogP contribution is 2.43. The number of carbonyl (C=O) groups excluding carboxylic acids is 2. The molecule has 0 radical (unpaired) electrons. The maximum absolute atomic E-state index is 14.2. The summed E-state index contributed by atoms with van der Waals surface area (Å²) >= 11 is 0. The molecule has 1 aliphatic carbocycles. The molecule has 1 saturated carbocycles. The molecule has 1 aromatic rings. The minimum absolute atomic E-state index is 0.0117. The van der Waals surface area contributed by atoms with Gasteiger partial charge in [0.1, 0.15) is 5.56 Å². The average Bonchev–Trinajstić information content (AvgIpc) is 2.95. The predicted molar refractivity (Wildman–Crippen MR) is 72.6 cm³/mol. The number of ether oxygens (including phenoxy) is 2. The van der Waals surface area contributed by atoms with Gasteiger partial charge in [0.05, 0.1) is 19.8 Å². The van der Waals surface area contributed by atoms with Crippen LogP contribution in [0, 0.1) is 5.82 Å². The summed E-state index contributed by atoms with van der Waals surface area (Å²) in [5, 5.41) is 0. The average molecular weight is 293 g/mol. The van der Waals surface area contributed by atoms with Gasteiger partial charge < -0.3 is 9.47 Å². The topological polar surface area (TPSA) is 65.0 Å². The molecule has 112 valence electrons. The number of benzene rings is 1. The van der Waals surface area contributed by atoms with Crippen molar-refractivity contribution in [2.75, 3.05) is 14.2 Å². The Morgan fingerprint density at radius 2 is 2.00 bits per heavy atom. The number of rotatable bonds is 4. The lowest BCUT2D eigenvalue weighted by Crippen LogP contribution is -2.20. The zero-order chi connectivity index (χ0) is 15.5. The van der Waals surface area contributed by atoms with Gasteiger partial charge in [0.2, 0.25) is 6.08 Å². The van der Waals surface area contributed by atoms with Gasteiger partial charge in [-0.05, 0) is 30.5 Å². The fourth-order valence-corrected chi connectivity index (χ4v) is 2.84. The lowest BCUT2D eigenvalue weighted by atomic mass is 9.87. The van der Waals surface area contributed by atoms with E-state index in [1.807, 2.05) is 0 Å². The highest BCUT2D eigenvalue weighted by atomic mass is 19.1. The first-order valence-corrected chi connectivity index (χ1v) is 6.63. The highest BCUT2D eigenvalue weighted by Gasteiger charge is 2.37. The first-order chi connectivity index (χ1) is 10.1. The molecule has 0 atom stereocenters. The van der Waals surface area contributed by atoms with Gasteiger partial charge in [0.15, 0.2) is 11.6 Å². The first-order valence-electron chi connectivity index (χ1n) is 6.63. The molecule has 1 fully saturated rings. The van der Waals surface area contributed by atoms with Crippen LogP contribution in [0.2, 0.25) is 0 Å². The van der Waals surface area contributed by atoms with Crippen molar-refractivity contribution >= 4 is 12.0 Å². The Bertz CT molecular complexity index is 602. The molecule has 0 aliphatic heterocycles. The Labute approximate surface area is 121 Å². The Morgan fingerprint density at radius 3 is 2.52 bits per heavy atom. The van der Waals surface area contributed by atoms with Crippen LogP contribution in [0.4, 0.5) is 4.39 Å². The number of esters is 1. The summed E-state index contributed by atoms with van der Waals surface area (Å²) in [4.78, 5) is 26.4. The Morgan fingerprint density at radius 1 is 1.33 bits per heavy atom. The van der Waals surface area contributed by atoms with E-state index in [0.29, 0.717) is 18.4 Å². The zero-order valence-electron chi connectivity index (χ0n) is 11.9. The SMILES string of the molecule is COC(=O)c1cc(C2(N=C=O)CCCC2)cc(F)c1OC. The maximum Gasteiger partial charge on any atom is 0.341 e. The molecule has 5 nitrogen and oxygen atoms in total. The summed E-state index contributed by atoms with van der Waals surface area (Å²) in [6.07, 6.45) is 4.57. The van der Waals surface area contributed by atoms with Crippen LogP contribution in [-0.2, 0) is 15.1 Å². The summed E-state index contributed by atoms with van der Waals surface area (Å²) in [5.74, 6) is -1.55. The molecule has 0 heterocycles. The molecule has 0 N–H and O–H groups in total. The number of carbonyl (C=O) groups is 1. The number of nitrogens with zero attached hydrogens (tertiary/aromatic N) is 1. The number of methoxy groups -OCH3 is 2. The van der Waals surface area contributed by atoms with Gasteiger partial charge in [-0.2, -0.15) is 4.99 Å². The number of halogens is 1. The second kappa shape index (κ2) is 6.06. The minimum Gasteiger partial charge on any atom is -0.493 e. The number of isocyanates is 1. The van der Waals surface area contributed by atoms with Gasteiger partial charge in [-0.25, -0.2) is 14.0 Å². The molecule has 1 aliphatic rings. The summed E-state index contributed by atoms with van der Waals surface area (Å²) in [7, 11) is 2.49. The highest BCUT2D eigenvalue weighted by molar-refractivity contribution is 5.92. The standard InChI is InChI=1S/C15H16FNO4/c1-20-13-11(14(19)21-2)7-10(8-12(13)16)15(17-9-18)5-3-4-6-15/h7-8H,3-6H2,1-2H3. The molecule has 0 amide bonds. The van der Waals surface area contributed by atoms with Crippen molar-refractivity contribution in [3.05, 3.63) is 29.1 Å². The maximum atomic E-state index is 14.2. The number of hydrogen-bond donors (Lipinski definition) is 0. The smallest absolute Gasteiger partial charge is 0.341 e. The van der Waals surface area contributed by atoms with Gasteiger partial charge in [-0.3, -0.25) is 0 Å². The van der Waals surface area contributed by atoms with Crippen LogP contribution in [0.3, 0.4) is 0 Å². The van der Waals surface area contributed by atoms with Crippen molar-refractivity contribution in [2.24, 2.45) is 4.99 Å². The third-order valence-electron chi connectivity index (χ3n) is 3.88. The molecule has 0 spiro atoms. The second-order valence-corrected chi connectivity index (χ2v) is 4.97. The summed E-state index contributed by atoms with van der Waals surface area (Å²) in [6.45, 7) is 0. The molecular formula is C15H16FNO4. The molecule has 2 rings (SSSR count). The van der Waals surface area contributed by atoms with Gasteiger partial charge in [-0.15, -0.1) is 0 Å². The molecule has 21 heavy (non-hydrogen) atoms. The molecule has 0 bridgehead atoms. The van der Waals surface area contributed by atoms with Crippen LogP contribution in [0.1, 0.15) is 41.6 Å². The quantitative estimate of drug-likeness (QED) is 0.486. The van der Waals surface area contributed by atoms with E-state index < -0.39 is 17.3 Å². The van der Waals surface area contributed by atoms with E-state index in [4.69, 9.17) is 4.74 Å². The van der Waals surface area contributed by atoms with Crippen molar-refractivity contribution in [3.8, 4) is 5.75 Å². The summed E-state index contributed by atoms with van der Waals surface area (Å²) < 4.78 is 23.8. The van der Waals surface area contributed by atoms with E-state index in [-0.39, 0.29) is 11.3 Å². The monoisotopic (exact) mass is 293 g/mol. The second-order valence-electron chi connectivity index (χ2n) is 4.97. The van der Waals surface area contributed by atoms with Crippen molar-refractivity contribution in [3.63, 3.8) is 0 Å². The van der Waals surface area contributed by atoms with E-state index in [1.165, 1.54) is 26.4 Å². The summed E-state index contributed by atoms with van der Waals surface area (Å²) in [6, 6.07) is 2.75. The van der Waals surface area contributed by atoms with E-state index >= 15 is 0 Å². The van der Waals surface area contributed by atoms with Crippen LogP contribution in [-0.4, -0.2) is 26.3 Å². The molecule has 0 saturated heterocycles. The van der Waals surface area contributed by atoms with Gasteiger partial charge in [-0.1, -0.05) is 12.8 Å². The number of hydrogen-bond acceptors (Lipinski definition) is 5. The molecule has 0 unspecified atom stereocenters. The van der Waals surface area contributed by atoms with E-state index in [0.717, 1.165) is 12.8 Å². The van der Waals surface area contributed by atoms with Crippen molar-refractivity contribution in [1.29, 1.82) is 0 Å². The predicted octanol–water partition coefficient (Wildman–Crippen LogP) is 2.73. The third-order valence-corrected chi connectivity index (χ3v) is 3.88. The first kappa shape index (κ1) is 15.2. The Balaban J connectivity index is 2.62. The fourth-order valence-electron chi connectivity index (χ4n) is 2.84. The lowest BCUT2D eigenvalue weighted by Gasteiger charge is -2.24. The van der Waals surface area contributed by atoms with E-state index in [1.54, 1.807) is 6.08 Å². The van der Waals surface area contributed by atoms with Crippen LogP contribution in [0.5, 0.6) is 5.75 Å². The molecular weight excluding hydrogens is 277 g/mol. The van der Waals surface area contributed by atoms with Crippen LogP contribution >= 0.6 is 0 Å². The van der Waals surface area contributed by atoms with Crippen LogP contribution < -0.4 is 4.74 Å². The van der Waals surface area contributed by atoms with Gasteiger partial charge in [0.25, 0.3) is 0 Å². The zero-order valence-corrected chi connectivity index (χ0v) is 11.9. The summed E-state index contributed by atoms with van der Waals surface area (Å²) in [5.41, 5.74) is -0.345. The largest absolute Gasteiger partial charge is 0.493 e. The van der Waals surface area contributed by atoms with Crippen LogP contribution in [0.15, 0.2) is 17.1 Å². The van der Waals surface area contributed by atoms with Crippen molar-refractivity contribution in [1.82, 2.24) is 0 Å². The minimum atomic E-state index is -0.808. The van der Waals surface area contributed by atoms with Gasteiger partial charge >= 0.3 is 5.97 Å². The number of aliphatic imine (C=N–C) groups is 1. The normalized spacial score (nSPS) is 16.1. The van der Waals surface area contributed by atoms with E-state index in [2.05, 4.69) is 9.73 Å². The van der Waals surface area contributed by atoms with Crippen LogP contribution in [0.25, 0.3) is 0 Å². The van der Waals surface area contributed by atoms with Gasteiger partial charge in [0, 0.05) is 0 Å². The molecule has 1 aromatic carbocycles.